The molecular formula is C9H14N2O3. The van der Waals surface area contributed by atoms with Crippen LogP contribution in [0.5, 0.6) is 0 Å². The summed E-state index contributed by atoms with van der Waals surface area (Å²) < 4.78 is 6.11. The molecule has 1 rings (SSSR count). The average molecular weight is 198 g/mol. The Morgan fingerprint density at radius 1 is 1.79 bits per heavy atom. The molecule has 0 fully saturated rings. The fraction of sp³-hybridized carbons (Fsp3) is 0.556. The summed E-state index contributed by atoms with van der Waals surface area (Å²) in [7, 11) is 1.30. The number of methoxy groups -OCH3 is 1. The first-order valence-corrected chi connectivity index (χ1v) is 4.45. The maximum Gasteiger partial charge on any atom is 0.308 e. The van der Waals surface area contributed by atoms with Crippen LogP contribution in [-0.2, 0) is 16.1 Å². The van der Waals surface area contributed by atoms with E-state index in [2.05, 4.69) is 9.84 Å². The number of carbonyl (C=O) groups excluding carboxylic acids is 1. The van der Waals surface area contributed by atoms with E-state index in [4.69, 9.17) is 0 Å². The van der Waals surface area contributed by atoms with Gasteiger partial charge < -0.3 is 9.84 Å². The standard InChI is InChI=1S/C9H14N2O3/c1-3-11-7(4-5-10-11)8(12)6-9(13)14-2/h4-5,8,12H,3,6H2,1-2H3. The van der Waals surface area contributed by atoms with Gasteiger partial charge in [-0.15, -0.1) is 0 Å². The van der Waals surface area contributed by atoms with Gasteiger partial charge in [-0.1, -0.05) is 0 Å². The number of aliphatic hydroxyl groups is 1. The topological polar surface area (TPSA) is 64.3 Å². The van der Waals surface area contributed by atoms with Gasteiger partial charge in [0.1, 0.15) is 6.10 Å². The van der Waals surface area contributed by atoms with E-state index in [-0.39, 0.29) is 6.42 Å². The Hall–Kier alpha value is -1.36. The highest BCUT2D eigenvalue weighted by Crippen LogP contribution is 2.16. The summed E-state index contributed by atoms with van der Waals surface area (Å²) in [6, 6.07) is 1.69. The van der Waals surface area contributed by atoms with Crippen LogP contribution >= 0.6 is 0 Å². The van der Waals surface area contributed by atoms with Crippen LogP contribution in [0.4, 0.5) is 0 Å². The second-order valence-electron chi connectivity index (χ2n) is 2.87. The van der Waals surface area contributed by atoms with Gasteiger partial charge in [0.15, 0.2) is 0 Å². The van der Waals surface area contributed by atoms with Gasteiger partial charge in [0.25, 0.3) is 0 Å². The minimum atomic E-state index is -0.843. The van der Waals surface area contributed by atoms with E-state index in [0.29, 0.717) is 12.2 Å². The minimum absolute atomic E-state index is 0.0395. The van der Waals surface area contributed by atoms with Crippen LogP contribution in [0.1, 0.15) is 25.1 Å². The lowest BCUT2D eigenvalue weighted by Gasteiger charge is -2.10. The molecule has 5 nitrogen and oxygen atoms in total. The molecule has 1 atom stereocenters. The maximum absolute atomic E-state index is 10.9. The molecule has 14 heavy (non-hydrogen) atoms. The van der Waals surface area contributed by atoms with Gasteiger partial charge in [0.05, 0.1) is 19.2 Å². The number of hydrogen-bond acceptors (Lipinski definition) is 4. The Morgan fingerprint density at radius 2 is 2.50 bits per heavy atom. The second kappa shape index (κ2) is 4.76. The molecule has 0 amide bonds. The molecule has 0 saturated carbocycles. The Morgan fingerprint density at radius 3 is 3.07 bits per heavy atom. The predicted octanol–water partition coefficient (Wildman–Crippen LogP) is 0.499. The van der Waals surface area contributed by atoms with Gasteiger partial charge in [-0.2, -0.15) is 5.10 Å². The zero-order valence-electron chi connectivity index (χ0n) is 8.30. The van der Waals surface area contributed by atoms with E-state index in [1.165, 1.54) is 7.11 Å². The molecule has 1 unspecified atom stereocenters. The molecule has 1 aromatic heterocycles. The smallest absolute Gasteiger partial charge is 0.308 e. The van der Waals surface area contributed by atoms with E-state index in [1.807, 2.05) is 6.92 Å². The highest BCUT2D eigenvalue weighted by molar-refractivity contribution is 5.69. The van der Waals surface area contributed by atoms with Crippen molar-refractivity contribution in [3.05, 3.63) is 18.0 Å². The van der Waals surface area contributed by atoms with Gasteiger partial charge in [-0.25, -0.2) is 0 Å². The van der Waals surface area contributed by atoms with Crippen LogP contribution in [0, 0.1) is 0 Å². The molecule has 78 valence electrons. The van der Waals surface area contributed by atoms with E-state index in [0.717, 1.165) is 0 Å². The molecule has 0 radical (unpaired) electrons. The van der Waals surface area contributed by atoms with E-state index in [9.17, 15) is 9.90 Å². The highest BCUT2D eigenvalue weighted by atomic mass is 16.5. The molecule has 0 aliphatic rings. The summed E-state index contributed by atoms with van der Waals surface area (Å²) in [4.78, 5) is 10.9. The molecule has 0 spiro atoms. The van der Waals surface area contributed by atoms with E-state index < -0.39 is 12.1 Å². The Labute approximate surface area is 82.3 Å². The van der Waals surface area contributed by atoms with Crippen LogP contribution in [-0.4, -0.2) is 28.0 Å². The first-order chi connectivity index (χ1) is 6.69. The number of aromatic nitrogens is 2. The molecular weight excluding hydrogens is 184 g/mol. The normalized spacial score (nSPS) is 12.5. The molecule has 0 aliphatic carbocycles. The van der Waals surface area contributed by atoms with Crippen molar-refractivity contribution in [3.63, 3.8) is 0 Å². The second-order valence-corrected chi connectivity index (χ2v) is 2.87. The van der Waals surface area contributed by atoms with Crippen LogP contribution < -0.4 is 0 Å². The van der Waals surface area contributed by atoms with Crippen molar-refractivity contribution in [1.82, 2.24) is 9.78 Å². The zero-order chi connectivity index (χ0) is 10.6. The number of aryl methyl sites for hydroxylation is 1. The van der Waals surface area contributed by atoms with Crippen molar-refractivity contribution in [1.29, 1.82) is 0 Å². The summed E-state index contributed by atoms with van der Waals surface area (Å²) in [6.07, 6.45) is 0.714. The maximum atomic E-state index is 10.9. The number of esters is 1. The SMILES string of the molecule is CCn1nccc1C(O)CC(=O)OC. The van der Waals surface area contributed by atoms with E-state index >= 15 is 0 Å². The zero-order valence-corrected chi connectivity index (χ0v) is 8.30. The highest BCUT2D eigenvalue weighted by Gasteiger charge is 2.16. The van der Waals surface area contributed by atoms with Gasteiger partial charge >= 0.3 is 5.97 Å². The Kier molecular flexibility index (Phi) is 3.64. The molecule has 0 aliphatic heterocycles. The third-order valence-electron chi connectivity index (χ3n) is 1.98. The molecule has 1 N–H and O–H groups in total. The third-order valence-corrected chi connectivity index (χ3v) is 1.98. The molecule has 0 bridgehead atoms. The predicted molar refractivity (Wildman–Crippen MR) is 49.5 cm³/mol. The molecule has 1 aromatic rings. The summed E-state index contributed by atoms with van der Waals surface area (Å²) >= 11 is 0. The Balaban J connectivity index is 2.68. The molecule has 1 heterocycles. The first-order valence-electron chi connectivity index (χ1n) is 4.45. The van der Waals surface area contributed by atoms with Crippen molar-refractivity contribution in [2.24, 2.45) is 0 Å². The lowest BCUT2D eigenvalue weighted by atomic mass is 10.2. The lowest BCUT2D eigenvalue weighted by molar-refractivity contribution is -0.143. The number of nitrogens with zero attached hydrogens (tertiary/aromatic N) is 2. The molecule has 0 saturated heterocycles. The van der Waals surface area contributed by atoms with Crippen LogP contribution in [0.2, 0.25) is 0 Å². The van der Waals surface area contributed by atoms with Crippen molar-refractivity contribution in [2.45, 2.75) is 26.0 Å². The lowest BCUT2D eigenvalue weighted by Crippen LogP contribution is -2.12. The van der Waals surface area contributed by atoms with E-state index in [1.54, 1.807) is 16.9 Å². The van der Waals surface area contributed by atoms with Gasteiger partial charge in [0, 0.05) is 12.7 Å². The van der Waals surface area contributed by atoms with Crippen LogP contribution in [0.3, 0.4) is 0 Å². The van der Waals surface area contributed by atoms with Crippen molar-refractivity contribution >= 4 is 5.97 Å². The summed E-state index contributed by atoms with van der Waals surface area (Å²) in [5.41, 5.74) is 0.637. The first kappa shape index (κ1) is 10.7. The third kappa shape index (κ3) is 2.32. The number of aliphatic hydroxyl groups excluding tert-OH is 1. The fourth-order valence-corrected chi connectivity index (χ4v) is 1.24. The summed E-state index contributed by atoms with van der Waals surface area (Å²) in [5.74, 6) is -0.429. The van der Waals surface area contributed by atoms with Crippen molar-refractivity contribution in [3.8, 4) is 0 Å². The van der Waals surface area contributed by atoms with Crippen molar-refractivity contribution in [2.75, 3.05) is 7.11 Å². The Bertz CT molecular complexity index is 309. The summed E-state index contributed by atoms with van der Waals surface area (Å²) in [6.45, 7) is 2.59. The monoisotopic (exact) mass is 198 g/mol. The fourth-order valence-electron chi connectivity index (χ4n) is 1.24. The quantitative estimate of drug-likeness (QED) is 0.715. The minimum Gasteiger partial charge on any atom is -0.469 e. The van der Waals surface area contributed by atoms with Gasteiger partial charge in [0.2, 0.25) is 0 Å². The van der Waals surface area contributed by atoms with Crippen LogP contribution in [0.15, 0.2) is 12.3 Å². The summed E-state index contributed by atoms with van der Waals surface area (Å²) in [5, 5.41) is 13.7. The average Bonchev–Trinajstić information content (AvgIpc) is 2.65. The van der Waals surface area contributed by atoms with Crippen molar-refractivity contribution < 1.29 is 14.6 Å². The van der Waals surface area contributed by atoms with Crippen LogP contribution in [0.25, 0.3) is 0 Å². The molecule has 0 aromatic carbocycles. The molecule has 5 heteroatoms. The number of ether oxygens (including phenoxy) is 1. The number of hydrogen-bond donors (Lipinski definition) is 1. The number of carbonyl (C=O) groups is 1. The number of rotatable bonds is 4. The largest absolute Gasteiger partial charge is 0.469 e. The van der Waals surface area contributed by atoms with Gasteiger partial charge in [-0.3, -0.25) is 9.48 Å². The van der Waals surface area contributed by atoms with Gasteiger partial charge in [-0.05, 0) is 13.0 Å².